The van der Waals surface area contributed by atoms with Crippen LogP contribution in [0, 0.1) is 6.92 Å². The maximum atomic E-state index is 12.0. The maximum Gasteiger partial charge on any atom is 0.258 e. The number of carbonyl (C=O) groups is 1. The van der Waals surface area contributed by atoms with Gasteiger partial charge in [-0.3, -0.25) is 4.79 Å². The van der Waals surface area contributed by atoms with Crippen molar-refractivity contribution in [2.24, 2.45) is 0 Å². The highest BCUT2D eigenvalue weighted by Gasteiger charge is 2.08. The van der Waals surface area contributed by atoms with Crippen LogP contribution in [-0.2, 0) is 11.3 Å². The van der Waals surface area contributed by atoms with Crippen LogP contribution in [-0.4, -0.2) is 34.4 Å². The Hall–Kier alpha value is -3.35. The molecule has 0 bridgehead atoms. The fraction of sp³-hybridized carbons (Fsp3) is 0.211. The van der Waals surface area contributed by atoms with E-state index in [4.69, 9.17) is 9.47 Å². The topological polar surface area (TPSA) is 78.3 Å². The van der Waals surface area contributed by atoms with E-state index >= 15 is 0 Å². The minimum Gasteiger partial charge on any atom is -0.493 e. The van der Waals surface area contributed by atoms with Crippen molar-refractivity contribution < 1.29 is 14.3 Å². The molecule has 0 fully saturated rings. The fourth-order valence-corrected chi connectivity index (χ4v) is 2.40. The van der Waals surface area contributed by atoms with E-state index in [0.717, 1.165) is 16.8 Å². The molecule has 7 nitrogen and oxygen atoms in total. The molecule has 26 heavy (non-hydrogen) atoms. The van der Waals surface area contributed by atoms with Crippen LogP contribution >= 0.6 is 0 Å². The SMILES string of the molecule is COc1cc(C)ccc1OCC(=O)NCc1ccc(-n2cncn2)cc1. The molecular formula is C19H20N4O3. The van der Waals surface area contributed by atoms with E-state index in [-0.39, 0.29) is 12.5 Å². The van der Waals surface area contributed by atoms with Crippen LogP contribution in [0.15, 0.2) is 55.1 Å². The van der Waals surface area contributed by atoms with Gasteiger partial charge in [0, 0.05) is 6.54 Å². The number of benzene rings is 2. The summed E-state index contributed by atoms with van der Waals surface area (Å²) in [6.07, 6.45) is 3.12. The molecule has 3 rings (SSSR count). The van der Waals surface area contributed by atoms with Crippen molar-refractivity contribution in [3.63, 3.8) is 0 Å². The number of ether oxygens (including phenoxy) is 2. The van der Waals surface area contributed by atoms with E-state index < -0.39 is 0 Å². The van der Waals surface area contributed by atoms with Crippen molar-refractivity contribution in [2.75, 3.05) is 13.7 Å². The fourth-order valence-electron chi connectivity index (χ4n) is 2.40. The quantitative estimate of drug-likeness (QED) is 0.706. The van der Waals surface area contributed by atoms with Gasteiger partial charge in [0.15, 0.2) is 18.1 Å². The van der Waals surface area contributed by atoms with Gasteiger partial charge in [0.25, 0.3) is 5.91 Å². The lowest BCUT2D eigenvalue weighted by molar-refractivity contribution is -0.123. The number of carbonyl (C=O) groups excluding carboxylic acids is 1. The summed E-state index contributed by atoms with van der Waals surface area (Å²) in [7, 11) is 1.57. The third-order valence-electron chi connectivity index (χ3n) is 3.79. The van der Waals surface area contributed by atoms with Crippen LogP contribution in [0.1, 0.15) is 11.1 Å². The molecule has 2 aromatic carbocycles. The molecule has 3 aromatic rings. The molecule has 1 aromatic heterocycles. The predicted molar refractivity (Wildman–Crippen MR) is 96.4 cm³/mol. The van der Waals surface area contributed by atoms with E-state index in [1.54, 1.807) is 24.2 Å². The lowest BCUT2D eigenvalue weighted by Crippen LogP contribution is -2.28. The van der Waals surface area contributed by atoms with Crippen molar-refractivity contribution in [3.8, 4) is 17.2 Å². The van der Waals surface area contributed by atoms with Gasteiger partial charge in [-0.25, -0.2) is 9.67 Å². The van der Waals surface area contributed by atoms with E-state index in [1.165, 1.54) is 6.33 Å². The van der Waals surface area contributed by atoms with E-state index in [1.807, 2.05) is 43.3 Å². The molecule has 1 heterocycles. The Morgan fingerprint density at radius 3 is 2.65 bits per heavy atom. The Labute approximate surface area is 151 Å². The summed E-state index contributed by atoms with van der Waals surface area (Å²) in [6.45, 7) is 2.31. The van der Waals surface area contributed by atoms with Crippen LogP contribution < -0.4 is 14.8 Å². The number of amides is 1. The number of aryl methyl sites for hydroxylation is 1. The Morgan fingerprint density at radius 1 is 1.15 bits per heavy atom. The number of rotatable bonds is 7. The lowest BCUT2D eigenvalue weighted by atomic mass is 10.2. The second-order valence-electron chi connectivity index (χ2n) is 5.73. The summed E-state index contributed by atoms with van der Waals surface area (Å²) in [6, 6.07) is 13.3. The maximum absolute atomic E-state index is 12.0. The average molecular weight is 352 g/mol. The molecule has 0 aliphatic heterocycles. The van der Waals surface area contributed by atoms with Crippen LogP contribution in [0.25, 0.3) is 5.69 Å². The normalized spacial score (nSPS) is 10.4. The van der Waals surface area contributed by atoms with Gasteiger partial charge >= 0.3 is 0 Å². The molecule has 0 aliphatic rings. The molecule has 0 saturated carbocycles. The summed E-state index contributed by atoms with van der Waals surface area (Å²) in [5.74, 6) is 0.958. The van der Waals surface area contributed by atoms with Gasteiger partial charge < -0.3 is 14.8 Å². The van der Waals surface area contributed by atoms with E-state index in [2.05, 4.69) is 15.4 Å². The standard InChI is InChI=1S/C19H20N4O3/c1-14-3-8-17(18(9-14)25-2)26-11-19(24)21-10-15-4-6-16(7-5-15)23-13-20-12-22-23/h3-9,12-13H,10-11H2,1-2H3,(H,21,24). The van der Waals surface area contributed by atoms with Gasteiger partial charge in [-0.2, -0.15) is 5.10 Å². The first-order valence-corrected chi connectivity index (χ1v) is 8.14. The molecule has 7 heteroatoms. The summed E-state index contributed by atoms with van der Waals surface area (Å²) in [5, 5.41) is 6.90. The van der Waals surface area contributed by atoms with Gasteiger partial charge in [-0.15, -0.1) is 0 Å². The second-order valence-corrected chi connectivity index (χ2v) is 5.73. The van der Waals surface area contributed by atoms with Crippen LogP contribution in [0.4, 0.5) is 0 Å². The van der Waals surface area contributed by atoms with Gasteiger partial charge in [0.2, 0.25) is 0 Å². The van der Waals surface area contributed by atoms with Crippen LogP contribution in [0.3, 0.4) is 0 Å². The molecule has 0 spiro atoms. The van der Waals surface area contributed by atoms with E-state index in [0.29, 0.717) is 18.0 Å². The summed E-state index contributed by atoms with van der Waals surface area (Å²) in [4.78, 5) is 15.9. The van der Waals surface area contributed by atoms with Gasteiger partial charge in [0.1, 0.15) is 12.7 Å². The minimum atomic E-state index is -0.201. The molecule has 0 aliphatic carbocycles. The largest absolute Gasteiger partial charge is 0.493 e. The number of nitrogens with zero attached hydrogens (tertiary/aromatic N) is 3. The Bertz CT molecular complexity index is 861. The van der Waals surface area contributed by atoms with Crippen molar-refractivity contribution in [1.82, 2.24) is 20.1 Å². The van der Waals surface area contributed by atoms with Crippen molar-refractivity contribution in [1.29, 1.82) is 0 Å². The van der Waals surface area contributed by atoms with Gasteiger partial charge in [-0.05, 0) is 42.3 Å². The molecule has 0 atom stereocenters. The lowest BCUT2D eigenvalue weighted by Gasteiger charge is -2.11. The predicted octanol–water partition coefficient (Wildman–Crippen LogP) is 2.28. The first-order valence-electron chi connectivity index (χ1n) is 8.14. The zero-order valence-corrected chi connectivity index (χ0v) is 14.7. The van der Waals surface area contributed by atoms with Crippen LogP contribution in [0.2, 0.25) is 0 Å². The molecule has 134 valence electrons. The number of methoxy groups -OCH3 is 1. The van der Waals surface area contributed by atoms with Gasteiger partial charge in [0.05, 0.1) is 12.8 Å². The molecule has 1 amide bonds. The van der Waals surface area contributed by atoms with Crippen molar-refractivity contribution in [2.45, 2.75) is 13.5 Å². The third-order valence-corrected chi connectivity index (χ3v) is 3.79. The molecule has 0 radical (unpaired) electrons. The Morgan fingerprint density at radius 2 is 1.96 bits per heavy atom. The molecular weight excluding hydrogens is 332 g/mol. The zero-order chi connectivity index (χ0) is 18.4. The Balaban J connectivity index is 1.50. The summed E-state index contributed by atoms with van der Waals surface area (Å²) < 4.78 is 12.5. The second kappa shape index (κ2) is 8.15. The summed E-state index contributed by atoms with van der Waals surface area (Å²) in [5.41, 5.74) is 2.95. The molecule has 0 unspecified atom stereocenters. The first-order chi connectivity index (χ1) is 12.7. The third kappa shape index (κ3) is 4.38. The summed E-state index contributed by atoms with van der Waals surface area (Å²) >= 11 is 0. The van der Waals surface area contributed by atoms with E-state index in [9.17, 15) is 4.79 Å². The van der Waals surface area contributed by atoms with Gasteiger partial charge in [-0.1, -0.05) is 18.2 Å². The number of hydrogen-bond acceptors (Lipinski definition) is 5. The van der Waals surface area contributed by atoms with Crippen LogP contribution in [0.5, 0.6) is 11.5 Å². The minimum absolute atomic E-state index is 0.0730. The number of hydrogen-bond donors (Lipinski definition) is 1. The van der Waals surface area contributed by atoms with Crippen molar-refractivity contribution >= 4 is 5.91 Å². The monoisotopic (exact) mass is 352 g/mol. The average Bonchev–Trinajstić information content (AvgIpc) is 3.20. The van der Waals surface area contributed by atoms with Crippen molar-refractivity contribution in [3.05, 3.63) is 66.2 Å². The molecule has 1 N–H and O–H groups in total. The first kappa shape index (κ1) is 17.5. The smallest absolute Gasteiger partial charge is 0.258 e. The number of nitrogens with one attached hydrogen (secondary N) is 1. The zero-order valence-electron chi connectivity index (χ0n) is 14.7. The highest BCUT2D eigenvalue weighted by Crippen LogP contribution is 2.27. The number of aromatic nitrogens is 3. The molecule has 0 saturated heterocycles. The highest BCUT2D eigenvalue weighted by molar-refractivity contribution is 5.77. The highest BCUT2D eigenvalue weighted by atomic mass is 16.5. The Kier molecular flexibility index (Phi) is 5.48.